The van der Waals surface area contributed by atoms with Gasteiger partial charge in [-0.3, -0.25) is 0 Å². The molecule has 5 aromatic carbocycles. The number of aryl methyl sites for hydroxylation is 1. The Hall–Kier alpha value is -5.22. The molecule has 0 fully saturated rings. The minimum atomic E-state index is -0.0337. The predicted octanol–water partition coefficient (Wildman–Crippen LogP) is 13.8. The molecular weight excluding hydrogens is 727 g/mol. The van der Waals surface area contributed by atoms with Crippen LogP contribution in [-0.2, 0) is 21.7 Å². The van der Waals surface area contributed by atoms with Gasteiger partial charge < -0.3 is 14.2 Å². The van der Waals surface area contributed by atoms with Crippen molar-refractivity contribution >= 4 is 51.6 Å². The zero-order valence-electron chi connectivity index (χ0n) is 38.0. The third kappa shape index (κ3) is 5.99. The van der Waals surface area contributed by atoms with Gasteiger partial charge >= 0.3 is 0 Å². The Morgan fingerprint density at radius 3 is 2.00 bits per heavy atom. The smallest absolute Gasteiger partial charge is 0.292 e. The first-order valence-electron chi connectivity index (χ1n) is 22.3. The van der Waals surface area contributed by atoms with E-state index in [2.05, 4.69) is 202 Å². The Bertz CT molecular complexity index is 2780. The molecule has 2 aliphatic carbocycles. The molecule has 3 heterocycles. The van der Waals surface area contributed by atoms with E-state index in [1.807, 2.05) is 0 Å². The molecule has 60 heavy (non-hydrogen) atoms. The van der Waals surface area contributed by atoms with Gasteiger partial charge in [-0.2, -0.15) is 0 Å². The van der Waals surface area contributed by atoms with Gasteiger partial charge in [0.05, 0.1) is 17.4 Å². The summed E-state index contributed by atoms with van der Waals surface area (Å²) in [7, 11) is 0. The maximum Gasteiger partial charge on any atom is 0.292 e. The fourth-order valence-electron chi connectivity index (χ4n) is 10.9. The topological polar surface area (TPSA) is 19.6 Å². The average molecular weight is 789 g/mol. The van der Waals surface area contributed by atoms with Gasteiger partial charge in [-0.25, -0.2) is 0 Å². The van der Waals surface area contributed by atoms with Crippen LogP contribution in [0.15, 0.2) is 130 Å². The number of hydrogen-bond acceptors (Lipinski definition) is 3. The normalized spacial score (nSPS) is 19.2. The molecule has 0 saturated heterocycles. The lowest BCUT2D eigenvalue weighted by atomic mass is 9.33. The van der Waals surface area contributed by atoms with Crippen LogP contribution in [0.25, 0.3) is 22.1 Å². The van der Waals surface area contributed by atoms with Crippen LogP contribution in [0.5, 0.6) is 0 Å². The van der Waals surface area contributed by atoms with E-state index in [0.29, 0.717) is 0 Å². The Labute approximate surface area is 359 Å². The Morgan fingerprint density at radius 1 is 0.683 bits per heavy atom. The molecule has 0 bridgehead atoms. The average Bonchev–Trinajstić information content (AvgIpc) is 3.56. The van der Waals surface area contributed by atoms with Gasteiger partial charge in [0, 0.05) is 33.7 Å². The number of anilines is 4. The summed E-state index contributed by atoms with van der Waals surface area (Å²) in [6, 6.07) is 39.8. The van der Waals surface area contributed by atoms with Crippen LogP contribution in [0, 0.1) is 6.92 Å². The van der Waals surface area contributed by atoms with E-state index in [1.54, 1.807) is 0 Å². The van der Waals surface area contributed by atoms with Gasteiger partial charge in [-0.05, 0) is 142 Å². The summed E-state index contributed by atoms with van der Waals surface area (Å²) >= 11 is 0. The summed E-state index contributed by atoms with van der Waals surface area (Å²) < 4.78 is 7.36. The first kappa shape index (κ1) is 39.0. The van der Waals surface area contributed by atoms with Crippen molar-refractivity contribution in [2.24, 2.45) is 0 Å². The van der Waals surface area contributed by atoms with Gasteiger partial charge in [0.25, 0.3) is 6.71 Å². The first-order valence-corrected chi connectivity index (χ1v) is 22.3. The molecule has 0 amide bonds. The molecule has 0 saturated carbocycles. The molecule has 3 nitrogen and oxygen atoms in total. The molecule has 6 aromatic rings. The van der Waals surface area contributed by atoms with Crippen molar-refractivity contribution in [2.45, 2.75) is 130 Å². The van der Waals surface area contributed by atoms with E-state index < -0.39 is 0 Å². The number of allylic oxidation sites excluding steroid dienone is 1. The standard InChI is InChI=1S/C56H61BN2O/c1-34-18-25-49-41(28-34)51-52(60-49)57-44-32-42-43(56(11,12)27-26-55(42,9)10)33-46(44)58(39-22-19-37(20-23-39)53(3,4)5)47-29-35(2)30-48(50(47)57)59(51)45-24-21-38(54(6,7)8)31-40(45)36-16-14-13-15-17-36/h13-25,28-29,31-33,48H,26-27,30H2,1-12H3. The molecule has 0 radical (unpaired) electrons. The molecule has 1 aromatic heterocycles. The molecule has 2 aliphatic heterocycles. The molecule has 304 valence electrons. The van der Waals surface area contributed by atoms with Gasteiger partial charge in [0.2, 0.25) is 0 Å². The second-order valence-corrected chi connectivity index (χ2v) is 21.9. The van der Waals surface area contributed by atoms with Crippen molar-refractivity contribution in [3.05, 3.63) is 154 Å². The van der Waals surface area contributed by atoms with E-state index in [4.69, 9.17) is 4.42 Å². The molecule has 4 heteroatoms. The van der Waals surface area contributed by atoms with Crippen molar-refractivity contribution in [3.63, 3.8) is 0 Å². The number of rotatable bonds is 3. The summed E-state index contributed by atoms with van der Waals surface area (Å²) in [5, 5.41) is 1.19. The summed E-state index contributed by atoms with van der Waals surface area (Å²) in [5.41, 5.74) is 22.0. The predicted molar refractivity (Wildman–Crippen MR) is 257 cm³/mol. The van der Waals surface area contributed by atoms with Crippen LogP contribution < -0.4 is 20.9 Å². The zero-order valence-corrected chi connectivity index (χ0v) is 38.0. The van der Waals surface area contributed by atoms with E-state index in [-0.39, 0.29) is 34.4 Å². The highest BCUT2D eigenvalue weighted by Gasteiger charge is 2.52. The monoisotopic (exact) mass is 788 g/mol. The van der Waals surface area contributed by atoms with Crippen molar-refractivity contribution in [2.75, 3.05) is 9.80 Å². The Balaban J connectivity index is 1.33. The van der Waals surface area contributed by atoms with Crippen LogP contribution in [0.2, 0.25) is 0 Å². The third-order valence-corrected chi connectivity index (χ3v) is 14.5. The summed E-state index contributed by atoms with van der Waals surface area (Å²) in [6.45, 7) is 28.3. The van der Waals surface area contributed by atoms with Crippen molar-refractivity contribution in [1.29, 1.82) is 0 Å². The number of hydrogen-bond donors (Lipinski definition) is 0. The van der Waals surface area contributed by atoms with Crippen LogP contribution in [0.4, 0.5) is 22.7 Å². The lowest BCUT2D eigenvalue weighted by molar-refractivity contribution is 0.332. The van der Waals surface area contributed by atoms with Crippen molar-refractivity contribution in [1.82, 2.24) is 0 Å². The van der Waals surface area contributed by atoms with Crippen LogP contribution in [0.1, 0.15) is 123 Å². The van der Waals surface area contributed by atoms with Crippen LogP contribution in [0.3, 0.4) is 0 Å². The molecular formula is C56H61BN2O. The minimum absolute atomic E-state index is 0.00285. The molecule has 1 unspecified atom stereocenters. The third-order valence-electron chi connectivity index (χ3n) is 14.5. The van der Waals surface area contributed by atoms with Crippen molar-refractivity contribution in [3.8, 4) is 11.1 Å². The number of benzene rings is 5. The van der Waals surface area contributed by atoms with E-state index in [1.165, 1.54) is 102 Å². The number of fused-ring (bicyclic) bond motifs is 7. The maximum absolute atomic E-state index is 7.36. The van der Waals surface area contributed by atoms with Crippen LogP contribution in [-0.4, -0.2) is 12.8 Å². The summed E-state index contributed by atoms with van der Waals surface area (Å²) in [5.74, 6) is 0. The maximum atomic E-state index is 7.36. The summed E-state index contributed by atoms with van der Waals surface area (Å²) in [6.07, 6.45) is 5.77. The molecule has 10 rings (SSSR count). The highest BCUT2D eigenvalue weighted by Crippen LogP contribution is 2.53. The van der Waals surface area contributed by atoms with Gasteiger partial charge in [0.15, 0.2) is 0 Å². The highest BCUT2D eigenvalue weighted by molar-refractivity contribution is 6.93. The highest BCUT2D eigenvalue weighted by atomic mass is 16.3. The van der Waals surface area contributed by atoms with Gasteiger partial charge in [-0.1, -0.05) is 141 Å². The lowest BCUT2D eigenvalue weighted by Crippen LogP contribution is -2.61. The van der Waals surface area contributed by atoms with Crippen molar-refractivity contribution < 1.29 is 4.42 Å². The van der Waals surface area contributed by atoms with Crippen LogP contribution >= 0.6 is 0 Å². The second-order valence-electron chi connectivity index (χ2n) is 21.9. The lowest BCUT2D eigenvalue weighted by Gasteiger charge is -2.50. The number of nitrogens with zero attached hydrogens (tertiary/aromatic N) is 2. The SMILES string of the molecule is CC1=CC2=C3B(c4cc5c(cc4N2c2ccc(C(C)(C)C)cc2)C(C)(C)CCC5(C)C)c2oc4ccc(C)cc4c2N(c2ccc(C(C)(C)C)cc2-c2ccccc2)C3C1. The molecule has 0 spiro atoms. The largest absolute Gasteiger partial charge is 0.468 e. The fourth-order valence-corrected chi connectivity index (χ4v) is 10.9. The first-order chi connectivity index (χ1) is 28.3. The van der Waals surface area contributed by atoms with Gasteiger partial charge in [-0.15, -0.1) is 0 Å². The van der Waals surface area contributed by atoms with Gasteiger partial charge in [0.1, 0.15) is 5.58 Å². The van der Waals surface area contributed by atoms with E-state index in [9.17, 15) is 0 Å². The van der Waals surface area contributed by atoms with E-state index in [0.717, 1.165) is 17.7 Å². The minimum Gasteiger partial charge on any atom is -0.468 e. The summed E-state index contributed by atoms with van der Waals surface area (Å²) in [4.78, 5) is 5.33. The number of furan rings is 1. The Morgan fingerprint density at radius 2 is 1.33 bits per heavy atom. The molecule has 4 aliphatic rings. The second kappa shape index (κ2) is 13.1. The van der Waals surface area contributed by atoms with E-state index >= 15 is 0 Å². The zero-order chi connectivity index (χ0) is 42.3. The Kier molecular flexibility index (Phi) is 8.53. The quantitative estimate of drug-likeness (QED) is 0.167. The molecule has 1 atom stereocenters. The molecule has 0 N–H and O–H groups in total. The fraction of sp³-hybridized carbons (Fsp3) is 0.357.